The van der Waals surface area contributed by atoms with Crippen molar-refractivity contribution in [1.82, 2.24) is 5.06 Å². The van der Waals surface area contributed by atoms with Gasteiger partial charge in [0.25, 0.3) is 0 Å². The van der Waals surface area contributed by atoms with Crippen molar-refractivity contribution in [1.29, 1.82) is 0 Å². The van der Waals surface area contributed by atoms with E-state index in [-0.39, 0.29) is 11.6 Å². The molecule has 0 radical (unpaired) electrons. The van der Waals surface area contributed by atoms with Crippen LogP contribution < -0.4 is 0 Å². The predicted octanol–water partition coefficient (Wildman–Crippen LogP) is 6.14. The van der Waals surface area contributed by atoms with Crippen LogP contribution in [0.15, 0.2) is 96.6 Å². The van der Waals surface area contributed by atoms with E-state index in [1.165, 1.54) is 22.3 Å². The van der Waals surface area contributed by atoms with Gasteiger partial charge in [-0.15, -0.1) is 0 Å². The fourth-order valence-corrected chi connectivity index (χ4v) is 4.69. The van der Waals surface area contributed by atoms with Gasteiger partial charge in [-0.1, -0.05) is 97.1 Å². The van der Waals surface area contributed by atoms with Crippen LogP contribution in [0.3, 0.4) is 0 Å². The smallest absolute Gasteiger partial charge is 0.127 e. The summed E-state index contributed by atoms with van der Waals surface area (Å²) in [6.07, 6.45) is 4.50. The van der Waals surface area contributed by atoms with Gasteiger partial charge in [-0.3, -0.25) is 4.84 Å². The van der Waals surface area contributed by atoms with Gasteiger partial charge in [0.1, 0.15) is 6.10 Å². The maximum absolute atomic E-state index is 6.69. The number of hydrogen-bond acceptors (Lipinski definition) is 2. The van der Waals surface area contributed by atoms with Gasteiger partial charge < -0.3 is 0 Å². The molecule has 2 heteroatoms. The normalized spacial score (nSPS) is 28.5. The van der Waals surface area contributed by atoms with Gasteiger partial charge in [0.15, 0.2) is 0 Å². The summed E-state index contributed by atoms with van der Waals surface area (Å²) in [5.74, 6) is 0. The molecule has 0 aliphatic carbocycles. The maximum atomic E-state index is 6.69. The van der Waals surface area contributed by atoms with Crippen LogP contribution in [0.5, 0.6) is 0 Å². The number of fused-ring (bicyclic) bond motifs is 1. The molecular weight excluding hydrogens is 342 g/mol. The van der Waals surface area contributed by atoms with Crippen molar-refractivity contribution < 1.29 is 4.84 Å². The molecule has 3 aromatic carbocycles. The molecule has 0 bridgehead atoms. The summed E-state index contributed by atoms with van der Waals surface area (Å²) in [6, 6.07) is 32.3. The minimum atomic E-state index is -0.106. The average molecular weight is 367 g/mol. The molecule has 2 saturated heterocycles. The van der Waals surface area contributed by atoms with Crippen molar-refractivity contribution in [2.24, 2.45) is 0 Å². The highest BCUT2D eigenvalue weighted by Crippen LogP contribution is 2.53. The zero-order chi connectivity index (χ0) is 19.0. The van der Waals surface area contributed by atoms with E-state index in [0.29, 0.717) is 6.04 Å². The second-order valence-electron chi connectivity index (χ2n) is 7.97. The Bertz CT molecular complexity index is 967. The zero-order valence-corrected chi connectivity index (χ0v) is 16.2. The fraction of sp³-hybridized carbons (Fsp3) is 0.231. The summed E-state index contributed by atoms with van der Waals surface area (Å²) in [5, 5.41) is 2.27. The Labute approximate surface area is 167 Å². The highest BCUT2D eigenvalue weighted by molar-refractivity contribution is 5.57. The molecule has 0 spiro atoms. The van der Waals surface area contributed by atoms with Crippen molar-refractivity contribution in [2.45, 2.75) is 37.5 Å². The Morgan fingerprint density at radius 2 is 1.46 bits per heavy atom. The first-order valence-corrected chi connectivity index (χ1v) is 10.1. The van der Waals surface area contributed by atoms with E-state index in [1.807, 2.05) is 0 Å². The lowest BCUT2D eigenvalue weighted by molar-refractivity contribution is -0.207. The summed E-state index contributed by atoms with van der Waals surface area (Å²) in [7, 11) is 0. The van der Waals surface area contributed by atoms with Crippen molar-refractivity contribution in [3.05, 3.63) is 113 Å². The van der Waals surface area contributed by atoms with Crippen LogP contribution in [0.2, 0.25) is 0 Å². The first-order valence-electron chi connectivity index (χ1n) is 10.1. The van der Waals surface area contributed by atoms with Crippen LogP contribution in [-0.4, -0.2) is 11.1 Å². The lowest BCUT2D eigenvalue weighted by atomic mass is 9.90. The first kappa shape index (κ1) is 17.4. The third-order valence-corrected chi connectivity index (χ3v) is 6.21. The lowest BCUT2D eigenvalue weighted by Gasteiger charge is -2.34. The first-order chi connectivity index (χ1) is 13.8. The molecule has 3 aromatic rings. The lowest BCUT2D eigenvalue weighted by Crippen LogP contribution is -2.39. The van der Waals surface area contributed by atoms with Crippen LogP contribution >= 0.6 is 0 Å². The summed E-state index contributed by atoms with van der Waals surface area (Å²) in [5.41, 5.74) is 5.03. The highest BCUT2D eigenvalue weighted by Gasteiger charge is 2.53. The number of nitrogens with zero attached hydrogens (tertiary/aromatic N) is 1. The van der Waals surface area contributed by atoms with Crippen LogP contribution in [0.1, 0.15) is 42.6 Å². The molecule has 2 aliphatic rings. The molecular formula is C26H25NO. The van der Waals surface area contributed by atoms with Gasteiger partial charge in [0, 0.05) is 0 Å². The monoisotopic (exact) mass is 367 g/mol. The fourth-order valence-electron chi connectivity index (χ4n) is 4.69. The Kier molecular flexibility index (Phi) is 4.38. The average Bonchev–Trinajstić information content (AvgIpc) is 3.29. The number of rotatable bonds is 3. The molecule has 2 aliphatic heterocycles. The van der Waals surface area contributed by atoms with Crippen molar-refractivity contribution in [3.63, 3.8) is 0 Å². The minimum absolute atomic E-state index is 0.0326. The number of hydroxylamine groups is 2. The van der Waals surface area contributed by atoms with E-state index < -0.39 is 0 Å². The summed E-state index contributed by atoms with van der Waals surface area (Å²) in [6.45, 7) is 2.32. The topological polar surface area (TPSA) is 12.5 Å². The maximum Gasteiger partial charge on any atom is 0.127 e. The van der Waals surface area contributed by atoms with E-state index in [0.717, 1.165) is 12.8 Å². The van der Waals surface area contributed by atoms with Crippen molar-refractivity contribution in [2.75, 3.05) is 0 Å². The molecule has 0 unspecified atom stereocenters. The van der Waals surface area contributed by atoms with Crippen LogP contribution in [0.25, 0.3) is 6.08 Å². The molecule has 0 N–H and O–H groups in total. The predicted molar refractivity (Wildman–Crippen MR) is 113 cm³/mol. The molecule has 3 atom stereocenters. The Balaban J connectivity index is 1.58. The van der Waals surface area contributed by atoms with Gasteiger partial charge in [-0.05, 0) is 42.0 Å². The Morgan fingerprint density at radius 1 is 0.857 bits per heavy atom. The summed E-state index contributed by atoms with van der Waals surface area (Å²) >= 11 is 0. The molecule has 28 heavy (non-hydrogen) atoms. The van der Waals surface area contributed by atoms with E-state index in [1.54, 1.807) is 0 Å². The molecule has 2 fully saturated rings. The molecule has 140 valence electrons. The van der Waals surface area contributed by atoms with Crippen LogP contribution in [0.4, 0.5) is 0 Å². The van der Waals surface area contributed by atoms with Crippen molar-refractivity contribution >= 4 is 6.08 Å². The molecule has 2 nitrogen and oxygen atoms in total. The largest absolute Gasteiger partial charge is 0.285 e. The third kappa shape index (κ3) is 2.90. The third-order valence-electron chi connectivity index (χ3n) is 6.21. The van der Waals surface area contributed by atoms with Gasteiger partial charge in [-0.2, -0.15) is 5.06 Å². The second-order valence-corrected chi connectivity index (χ2v) is 7.97. The number of benzene rings is 3. The highest BCUT2D eigenvalue weighted by atomic mass is 16.7. The summed E-state index contributed by atoms with van der Waals surface area (Å²) < 4.78 is 0. The Morgan fingerprint density at radius 3 is 2.14 bits per heavy atom. The van der Waals surface area contributed by atoms with Crippen LogP contribution in [-0.2, 0) is 10.4 Å². The molecule has 0 aromatic heterocycles. The van der Waals surface area contributed by atoms with Gasteiger partial charge >= 0.3 is 0 Å². The second kappa shape index (κ2) is 7.05. The molecule has 0 amide bonds. The quantitative estimate of drug-likeness (QED) is 0.551. The SMILES string of the molecule is C[C@]1(c2ccccc2)CC[C@@H]2/C(=C\c3ccccc3)[C@@H](c3ccccc3)ON21. The van der Waals surface area contributed by atoms with Crippen molar-refractivity contribution in [3.8, 4) is 0 Å². The molecule has 0 saturated carbocycles. The van der Waals surface area contributed by atoms with Gasteiger partial charge in [-0.25, -0.2) is 0 Å². The van der Waals surface area contributed by atoms with Gasteiger partial charge in [0.2, 0.25) is 0 Å². The van der Waals surface area contributed by atoms with E-state index >= 15 is 0 Å². The van der Waals surface area contributed by atoms with E-state index in [2.05, 4.69) is 109 Å². The van der Waals surface area contributed by atoms with Crippen LogP contribution in [0, 0.1) is 0 Å². The zero-order valence-electron chi connectivity index (χ0n) is 16.2. The molecule has 5 rings (SSSR count). The Hall–Kier alpha value is -2.68. The minimum Gasteiger partial charge on any atom is -0.285 e. The number of hydrogen-bond donors (Lipinski definition) is 0. The van der Waals surface area contributed by atoms with E-state index in [9.17, 15) is 0 Å². The standard InChI is InChI=1S/C26H25NO/c1-26(22-15-9-4-10-16-22)18-17-24-23(19-20-11-5-2-6-12-20)25(28-27(24)26)21-13-7-3-8-14-21/h2-16,19,24-25H,17-18H2,1H3/b23-19+/t24-,25-,26-/m1/s1. The summed E-state index contributed by atoms with van der Waals surface area (Å²) in [4.78, 5) is 6.69. The van der Waals surface area contributed by atoms with E-state index in [4.69, 9.17) is 4.84 Å². The molecule has 2 heterocycles. The van der Waals surface area contributed by atoms with Gasteiger partial charge in [0.05, 0.1) is 11.6 Å².